The number of aryl methyl sites for hydroxylation is 1. The van der Waals surface area contributed by atoms with E-state index in [1.54, 1.807) is 0 Å². The average molecular weight is 279 g/mol. The van der Waals surface area contributed by atoms with Gasteiger partial charge >= 0.3 is 0 Å². The van der Waals surface area contributed by atoms with Crippen molar-refractivity contribution in [3.63, 3.8) is 0 Å². The summed E-state index contributed by atoms with van der Waals surface area (Å²) in [4.78, 5) is 14.2. The summed E-state index contributed by atoms with van der Waals surface area (Å²) >= 11 is 1.85. The molecule has 0 bridgehead atoms. The van der Waals surface area contributed by atoms with Gasteiger partial charge in [-0.3, -0.25) is 9.69 Å². The molecular formula is C16H25NOS. The van der Waals surface area contributed by atoms with Crippen LogP contribution >= 0.6 is 11.8 Å². The van der Waals surface area contributed by atoms with Gasteiger partial charge in [0, 0.05) is 5.56 Å². The highest BCUT2D eigenvalue weighted by Gasteiger charge is 2.08. The Morgan fingerprint density at radius 1 is 1.26 bits per heavy atom. The van der Waals surface area contributed by atoms with Gasteiger partial charge in [-0.15, -0.1) is 0 Å². The van der Waals surface area contributed by atoms with Crippen LogP contribution in [-0.2, 0) is 6.42 Å². The molecule has 0 aliphatic rings. The molecule has 0 heterocycles. The molecule has 0 atom stereocenters. The number of carbonyl (C=O) groups excluding carboxylic acids is 1. The summed E-state index contributed by atoms with van der Waals surface area (Å²) < 4.78 is 0. The fraction of sp³-hybridized carbons (Fsp3) is 0.562. The van der Waals surface area contributed by atoms with Crippen LogP contribution in [0.25, 0.3) is 0 Å². The van der Waals surface area contributed by atoms with E-state index in [0.29, 0.717) is 6.54 Å². The van der Waals surface area contributed by atoms with Crippen molar-refractivity contribution >= 4 is 17.5 Å². The molecule has 0 spiro atoms. The lowest BCUT2D eigenvalue weighted by Crippen LogP contribution is -2.27. The fourth-order valence-corrected chi connectivity index (χ4v) is 2.46. The summed E-state index contributed by atoms with van der Waals surface area (Å²) in [6.07, 6.45) is 5.48. The lowest BCUT2D eigenvalue weighted by atomic mass is 10.1. The zero-order valence-electron chi connectivity index (χ0n) is 12.3. The van der Waals surface area contributed by atoms with E-state index in [-0.39, 0.29) is 5.78 Å². The predicted octanol–water partition coefficient (Wildman–Crippen LogP) is 3.51. The molecule has 1 aromatic rings. The largest absolute Gasteiger partial charge is 0.299 e. The summed E-state index contributed by atoms with van der Waals surface area (Å²) in [5, 5.41) is 0. The van der Waals surface area contributed by atoms with Crippen molar-refractivity contribution in [3.8, 4) is 0 Å². The van der Waals surface area contributed by atoms with Crippen LogP contribution in [0.5, 0.6) is 0 Å². The summed E-state index contributed by atoms with van der Waals surface area (Å²) in [6, 6.07) is 8.07. The number of hydrogen-bond acceptors (Lipinski definition) is 3. The van der Waals surface area contributed by atoms with Crippen molar-refractivity contribution in [2.24, 2.45) is 0 Å². The number of carbonyl (C=O) groups is 1. The number of Topliss-reactive ketones (excluding diaryl/α,β-unsaturated/α-hetero) is 1. The lowest BCUT2D eigenvalue weighted by Gasteiger charge is -2.15. The van der Waals surface area contributed by atoms with Crippen LogP contribution in [0.15, 0.2) is 24.3 Å². The molecule has 0 unspecified atom stereocenters. The fourth-order valence-electron chi connectivity index (χ4n) is 2.04. The van der Waals surface area contributed by atoms with Gasteiger partial charge in [-0.25, -0.2) is 0 Å². The Labute approximate surface area is 121 Å². The first-order valence-corrected chi connectivity index (χ1v) is 8.36. The lowest BCUT2D eigenvalue weighted by molar-refractivity contribution is 0.0946. The van der Waals surface area contributed by atoms with E-state index in [1.807, 2.05) is 30.9 Å². The number of ketones is 1. The first kappa shape index (κ1) is 16.3. The Morgan fingerprint density at radius 3 is 2.53 bits per heavy atom. The molecule has 0 amide bonds. The minimum absolute atomic E-state index is 0.217. The van der Waals surface area contributed by atoms with Crippen LogP contribution in [0.3, 0.4) is 0 Å². The number of rotatable bonds is 9. The third-order valence-corrected chi connectivity index (χ3v) is 3.81. The van der Waals surface area contributed by atoms with Crippen molar-refractivity contribution in [3.05, 3.63) is 35.4 Å². The van der Waals surface area contributed by atoms with Crippen molar-refractivity contribution in [1.82, 2.24) is 4.90 Å². The Hall–Kier alpha value is -0.800. The number of hydrogen-bond donors (Lipinski definition) is 0. The Morgan fingerprint density at radius 2 is 1.95 bits per heavy atom. The molecule has 0 radical (unpaired) electrons. The van der Waals surface area contributed by atoms with Crippen LogP contribution in [-0.4, -0.2) is 42.8 Å². The molecule has 0 aromatic heterocycles. The van der Waals surface area contributed by atoms with Crippen molar-refractivity contribution in [1.29, 1.82) is 0 Å². The highest BCUT2D eigenvalue weighted by atomic mass is 32.2. The van der Waals surface area contributed by atoms with Gasteiger partial charge in [-0.05, 0) is 44.0 Å². The molecule has 0 saturated carbocycles. The molecule has 0 fully saturated rings. The maximum atomic E-state index is 12.1. The van der Waals surface area contributed by atoms with Crippen LogP contribution in [0.2, 0.25) is 0 Å². The standard InChI is InChI=1S/C16H25NOS/c1-4-6-14-7-9-15(10-8-14)16(18)13-17(2)11-5-12-19-3/h7-10H,4-6,11-13H2,1-3H3. The Kier molecular flexibility index (Phi) is 7.84. The Bertz CT molecular complexity index is 375. The first-order valence-electron chi connectivity index (χ1n) is 6.97. The maximum absolute atomic E-state index is 12.1. The molecule has 3 heteroatoms. The zero-order valence-corrected chi connectivity index (χ0v) is 13.1. The molecule has 1 rings (SSSR count). The molecular weight excluding hydrogens is 254 g/mol. The predicted molar refractivity (Wildman–Crippen MR) is 85.3 cm³/mol. The van der Waals surface area contributed by atoms with E-state index in [4.69, 9.17) is 0 Å². The maximum Gasteiger partial charge on any atom is 0.176 e. The SMILES string of the molecule is CCCc1ccc(C(=O)CN(C)CCCSC)cc1. The monoisotopic (exact) mass is 279 g/mol. The quantitative estimate of drug-likeness (QED) is 0.510. The second kappa shape index (κ2) is 9.16. The van der Waals surface area contributed by atoms with Gasteiger partial charge in [0.05, 0.1) is 6.54 Å². The second-order valence-corrected chi connectivity index (χ2v) is 5.94. The summed E-state index contributed by atoms with van der Waals surface area (Å²) in [5.74, 6) is 1.37. The van der Waals surface area contributed by atoms with Gasteiger partial charge in [0.1, 0.15) is 0 Å². The molecule has 106 valence electrons. The minimum atomic E-state index is 0.217. The number of likely N-dealkylation sites (N-methyl/N-ethyl adjacent to an activating group) is 1. The van der Waals surface area contributed by atoms with Crippen LogP contribution in [0, 0.1) is 0 Å². The van der Waals surface area contributed by atoms with E-state index < -0.39 is 0 Å². The van der Waals surface area contributed by atoms with Crippen LogP contribution in [0.4, 0.5) is 0 Å². The topological polar surface area (TPSA) is 20.3 Å². The van der Waals surface area contributed by atoms with Crippen LogP contribution in [0.1, 0.15) is 35.7 Å². The van der Waals surface area contributed by atoms with E-state index in [2.05, 4.69) is 30.2 Å². The van der Waals surface area contributed by atoms with E-state index in [1.165, 1.54) is 5.56 Å². The van der Waals surface area contributed by atoms with Gasteiger partial charge in [0.15, 0.2) is 5.78 Å². The van der Waals surface area contributed by atoms with E-state index in [9.17, 15) is 4.79 Å². The van der Waals surface area contributed by atoms with Gasteiger partial charge < -0.3 is 0 Å². The van der Waals surface area contributed by atoms with Gasteiger partial charge in [0.25, 0.3) is 0 Å². The molecule has 0 N–H and O–H groups in total. The van der Waals surface area contributed by atoms with Gasteiger partial charge in [-0.2, -0.15) is 11.8 Å². The third-order valence-electron chi connectivity index (χ3n) is 3.12. The molecule has 0 aliphatic heterocycles. The molecule has 2 nitrogen and oxygen atoms in total. The van der Waals surface area contributed by atoms with Crippen molar-refractivity contribution in [2.45, 2.75) is 26.2 Å². The van der Waals surface area contributed by atoms with Crippen molar-refractivity contribution in [2.75, 3.05) is 32.1 Å². The van der Waals surface area contributed by atoms with Crippen molar-refractivity contribution < 1.29 is 4.79 Å². The number of thioether (sulfide) groups is 1. The van der Waals surface area contributed by atoms with E-state index >= 15 is 0 Å². The minimum Gasteiger partial charge on any atom is -0.299 e. The normalized spacial score (nSPS) is 10.9. The molecule has 0 saturated heterocycles. The molecule has 1 aromatic carbocycles. The van der Waals surface area contributed by atoms with Gasteiger partial charge in [-0.1, -0.05) is 37.6 Å². The summed E-state index contributed by atoms with van der Waals surface area (Å²) in [7, 11) is 2.02. The summed E-state index contributed by atoms with van der Waals surface area (Å²) in [5.41, 5.74) is 2.14. The average Bonchev–Trinajstić information content (AvgIpc) is 2.40. The smallest absolute Gasteiger partial charge is 0.176 e. The van der Waals surface area contributed by atoms with Gasteiger partial charge in [0.2, 0.25) is 0 Å². The second-order valence-electron chi connectivity index (χ2n) is 4.95. The highest BCUT2D eigenvalue weighted by Crippen LogP contribution is 2.08. The number of nitrogens with zero attached hydrogens (tertiary/aromatic N) is 1. The third kappa shape index (κ3) is 6.26. The first-order chi connectivity index (χ1) is 9.17. The van der Waals surface area contributed by atoms with Crippen LogP contribution < -0.4 is 0 Å². The molecule has 19 heavy (non-hydrogen) atoms. The Balaban J connectivity index is 2.44. The number of benzene rings is 1. The zero-order chi connectivity index (χ0) is 14.1. The summed E-state index contributed by atoms with van der Waals surface area (Å²) in [6.45, 7) is 3.67. The highest BCUT2D eigenvalue weighted by molar-refractivity contribution is 7.98. The van der Waals surface area contributed by atoms with E-state index in [0.717, 1.165) is 37.1 Å². The molecule has 0 aliphatic carbocycles.